The molecule has 2 aromatic carbocycles. The van der Waals surface area contributed by atoms with E-state index in [1.807, 2.05) is 0 Å². The number of benzene rings is 2. The van der Waals surface area contributed by atoms with Gasteiger partial charge in [0, 0.05) is 0 Å². The summed E-state index contributed by atoms with van der Waals surface area (Å²) in [4.78, 5) is 0. The van der Waals surface area contributed by atoms with Crippen LogP contribution >= 0.6 is 7.80 Å². The molecule has 80 valence electrons. The first kappa shape index (κ1) is 11.4. The Bertz CT molecular complexity index is 414. The van der Waals surface area contributed by atoms with Crippen molar-refractivity contribution in [1.82, 2.24) is 0 Å². The molecule has 0 bridgehead atoms. The zero-order chi connectivity index (χ0) is 11.5. The van der Waals surface area contributed by atoms with Crippen LogP contribution in [0.5, 0.6) is 0 Å². The molecule has 0 fully saturated rings. The molecule has 2 rings (SSSR count). The second-order valence-electron chi connectivity index (χ2n) is 4.23. The average molecular weight is 226 g/mol. The summed E-state index contributed by atoms with van der Waals surface area (Å²) in [5, 5.41) is 2.90. The molecular formula is C14H16BP. The highest BCUT2D eigenvalue weighted by atomic mass is 31.1. The quantitative estimate of drug-likeness (QED) is 0.544. The van der Waals surface area contributed by atoms with Gasteiger partial charge in [0.05, 0.1) is 0 Å². The molecule has 0 radical (unpaired) electrons. The van der Waals surface area contributed by atoms with Gasteiger partial charge >= 0.3 is 0 Å². The standard InChI is InChI=1S/C14H16BP/c1-11-3-7-13(8-4-11)16(15)14-9-5-12(2)6-10-14/h3-10H,15H2,1-2H3. The monoisotopic (exact) mass is 226 g/mol. The summed E-state index contributed by atoms with van der Waals surface area (Å²) < 4.78 is 0. The fourth-order valence-electron chi connectivity index (χ4n) is 1.69. The van der Waals surface area contributed by atoms with Crippen molar-refractivity contribution in [2.45, 2.75) is 13.8 Å². The normalized spacial score (nSPS) is 10.7. The van der Waals surface area contributed by atoms with Crippen LogP contribution in [0.15, 0.2) is 48.5 Å². The molecule has 0 saturated carbocycles. The second kappa shape index (κ2) is 4.85. The number of hydrogen-bond acceptors (Lipinski definition) is 0. The molecule has 0 atom stereocenters. The van der Waals surface area contributed by atoms with Crippen LogP contribution < -0.4 is 10.6 Å². The average Bonchev–Trinajstić information content (AvgIpc) is 2.30. The molecule has 0 nitrogen and oxygen atoms in total. The van der Waals surface area contributed by atoms with Crippen LogP contribution in [0.2, 0.25) is 0 Å². The highest BCUT2D eigenvalue weighted by molar-refractivity contribution is 7.94. The van der Waals surface area contributed by atoms with E-state index in [0.29, 0.717) is 0 Å². The van der Waals surface area contributed by atoms with Crippen LogP contribution in [-0.4, -0.2) is 7.57 Å². The van der Waals surface area contributed by atoms with Crippen LogP contribution in [0.1, 0.15) is 11.1 Å². The first-order chi connectivity index (χ1) is 7.66. The molecule has 0 saturated heterocycles. The molecular weight excluding hydrogens is 210 g/mol. The first-order valence-electron chi connectivity index (χ1n) is 5.54. The van der Waals surface area contributed by atoms with E-state index in [4.69, 9.17) is 0 Å². The summed E-state index contributed by atoms with van der Waals surface area (Å²) in [6.07, 6.45) is 0. The van der Waals surface area contributed by atoms with E-state index in [0.717, 1.165) is 0 Å². The van der Waals surface area contributed by atoms with Crippen LogP contribution in [0.4, 0.5) is 0 Å². The molecule has 0 aliphatic rings. The first-order valence-corrected chi connectivity index (χ1v) is 7.33. The Morgan fingerprint density at radius 2 is 1.00 bits per heavy atom. The van der Waals surface area contributed by atoms with Crippen molar-refractivity contribution in [3.63, 3.8) is 0 Å². The minimum Gasteiger partial charge on any atom is -0.0883 e. The number of aryl methyl sites for hydroxylation is 2. The van der Waals surface area contributed by atoms with Gasteiger partial charge in [0.25, 0.3) is 0 Å². The summed E-state index contributed by atoms with van der Waals surface area (Å²) in [6, 6.07) is 17.8. The predicted molar refractivity (Wildman–Crippen MR) is 77.1 cm³/mol. The van der Waals surface area contributed by atoms with Crippen molar-refractivity contribution in [3.05, 3.63) is 59.7 Å². The van der Waals surface area contributed by atoms with E-state index in [1.54, 1.807) is 0 Å². The third-order valence-electron chi connectivity index (χ3n) is 2.84. The van der Waals surface area contributed by atoms with Crippen molar-refractivity contribution in [2.75, 3.05) is 0 Å². The van der Waals surface area contributed by atoms with Gasteiger partial charge in [0.1, 0.15) is 7.57 Å². The lowest BCUT2D eigenvalue weighted by Gasteiger charge is -2.13. The number of hydrogen-bond donors (Lipinski definition) is 0. The van der Waals surface area contributed by atoms with Gasteiger partial charge < -0.3 is 0 Å². The van der Waals surface area contributed by atoms with E-state index in [-0.39, 0.29) is 7.80 Å². The van der Waals surface area contributed by atoms with Crippen LogP contribution in [0.3, 0.4) is 0 Å². The van der Waals surface area contributed by atoms with E-state index in [2.05, 4.69) is 69.9 Å². The minimum absolute atomic E-state index is 0.196. The number of rotatable bonds is 2. The summed E-state index contributed by atoms with van der Waals surface area (Å²) >= 11 is 0. The van der Waals surface area contributed by atoms with Gasteiger partial charge in [-0.1, -0.05) is 67.5 Å². The van der Waals surface area contributed by atoms with E-state index < -0.39 is 0 Å². The van der Waals surface area contributed by atoms with Crippen LogP contribution in [0, 0.1) is 13.8 Å². The largest absolute Gasteiger partial charge is 0.145 e. The lowest BCUT2D eigenvalue weighted by Crippen LogP contribution is -2.11. The molecule has 0 N–H and O–H groups in total. The lowest BCUT2D eigenvalue weighted by atomic mass is 10.2. The fourth-order valence-corrected chi connectivity index (χ4v) is 3.18. The van der Waals surface area contributed by atoms with Crippen LogP contribution in [-0.2, 0) is 0 Å². The van der Waals surface area contributed by atoms with Gasteiger partial charge in [0.2, 0.25) is 0 Å². The molecule has 2 aromatic rings. The Morgan fingerprint density at radius 3 is 1.31 bits per heavy atom. The Hall–Kier alpha value is -1.07. The van der Waals surface area contributed by atoms with Gasteiger partial charge in [-0.3, -0.25) is 0 Å². The Labute approximate surface area is 99.8 Å². The van der Waals surface area contributed by atoms with Gasteiger partial charge in [0.15, 0.2) is 0 Å². The molecule has 16 heavy (non-hydrogen) atoms. The predicted octanol–water partition coefficient (Wildman–Crippen LogP) is 2.28. The summed E-state index contributed by atoms with van der Waals surface area (Å²) in [5.41, 5.74) is 2.66. The van der Waals surface area contributed by atoms with Gasteiger partial charge in [-0.05, 0) is 24.5 Å². The highest BCUT2D eigenvalue weighted by Crippen LogP contribution is 2.27. The third kappa shape index (κ3) is 2.54. The Balaban J connectivity index is 2.28. The zero-order valence-electron chi connectivity index (χ0n) is 10.1. The molecule has 0 aromatic heterocycles. The minimum atomic E-state index is -0.196. The Kier molecular flexibility index (Phi) is 3.46. The SMILES string of the molecule is BP(c1ccc(C)cc1)c1ccc(C)cc1. The summed E-state index contributed by atoms with van der Waals surface area (Å²) in [5.74, 6) is 0. The zero-order valence-corrected chi connectivity index (χ0v) is 11.0. The Morgan fingerprint density at radius 1 is 0.688 bits per heavy atom. The molecule has 0 unspecified atom stereocenters. The maximum atomic E-state index is 2.32. The van der Waals surface area contributed by atoms with Gasteiger partial charge in [-0.15, -0.1) is 0 Å². The van der Waals surface area contributed by atoms with Crippen molar-refractivity contribution < 1.29 is 0 Å². The lowest BCUT2D eigenvalue weighted by molar-refractivity contribution is 1.49. The maximum absolute atomic E-state index is 2.32. The van der Waals surface area contributed by atoms with E-state index in [1.165, 1.54) is 21.7 Å². The molecule has 0 spiro atoms. The summed E-state index contributed by atoms with van der Waals surface area (Å²) in [6.45, 7) is 4.27. The molecule has 0 amide bonds. The van der Waals surface area contributed by atoms with Crippen molar-refractivity contribution in [2.24, 2.45) is 0 Å². The topological polar surface area (TPSA) is 0 Å². The van der Waals surface area contributed by atoms with Crippen molar-refractivity contribution in [3.8, 4) is 0 Å². The fraction of sp³-hybridized carbons (Fsp3) is 0.143. The van der Waals surface area contributed by atoms with Crippen LogP contribution in [0.25, 0.3) is 0 Å². The second-order valence-corrected chi connectivity index (χ2v) is 6.38. The smallest absolute Gasteiger partial charge is 0.0883 e. The van der Waals surface area contributed by atoms with Crippen molar-refractivity contribution >= 4 is 26.0 Å². The van der Waals surface area contributed by atoms with E-state index >= 15 is 0 Å². The van der Waals surface area contributed by atoms with E-state index in [9.17, 15) is 0 Å². The molecule has 2 heteroatoms. The third-order valence-corrected chi connectivity index (χ3v) is 4.99. The van der Waals surface area contributed by atoms with Crippen molar-refractivity contribution in [1.29, 1.82) is 0 Å². The molecule has 0 heterocycles. The highest BCUT2D eigenvalue weighted by Gasteiger charge is 2.06. The summed E-state index contributed by atoms with van der Waals surface area (Å²) in [7, 11) is 2.13. The maximum Gasteiger partial charge on any atom is 0.145 e. The van der Waals surface area contributed by atoms with Gasteiger partial charge in [-0.2, -0.15) is 0 Å². The van der Waals surface area contributed by atoms with Gasteiger partial charge in [-0.25, -0.2) is 0 Å². The molecule has 0 aliphatic carbocycles. The molecule has 0 aliphatic heterocycles.